The quantitative estimate of drug-likeness (QED) is 0.776. The Morgan fingerprint density at radius 2 is 2.13 bits per heavy atom. The van der Waals surface area contributed by atoms with Crippen LogP contribution in [0.15, 0.2) is 22.5 Å². The molecule has 23 heavy (non-hydrogen) atoms. The highest BCUT2D eigenvalue weighted by Gasteiger charge is 2.23. The second kappa shape index (κ2) is 6.88. The first-order valence-corrected chi connectivity index (χ1v) is 9.35. The topological polar surface area (TPSA) is 66.9 Å². The Balaban J connectivity index is 1.58. The molecule has 1 aromatic heterocycles. The van der Waals surface area contributed by atoms with Gasteiger partial charge in [0, 0.05) is 11.7 Å². The molecule has 0 spiro atoms. The molecule has 0 aliphatic heterocycles. The molecule has 0 bridgehead atoms. The molecule has 1 heterocycles. The van der Waals surface area contributed by atoms with Gasteiger partial charge in [-0.2, -0.15) is 0 Å². The molecule has 2 N–H and O–H groups in total. The van der Waals surface area contributed by atoms with Crippen molar-refractivity contribution >= 4 is 39.8 Å². The van der Waals surface area contributed by atoms with Crippen LogP contribution in [0.25, 0.3) is 0 Å². The molecular formula is C16H20N4OS2. The summed E-state index contributed by atoms with van der Waals surface area (Å²) in [7, 11) is 0. The lowest BCUT2D eigenvalue weighted by Gasteiger charge is -2.12. The summed E-state index contributed by atoms with van der Waals surface area (Å²) < 4.78 is 0.816. The number of aromatic nitrogens is 2. The number of carbonyl (C=O) groups is 1. The van der Waals surface area contributed by atoms with Gasteiger partial charge in [0.2, 0.25) is 11.0 Å². The molecular weight excluding hydrogens is 328 g/mol. The molecule has 7 heteroatoms. The van der Waals surface area contributed by atoms with Crippen LogP contribution >= 0.6 is 23.1 Å². The molecule has 1 aliphatic carbocycles. The molecule has 3 rings (SSSR count). The highest BCUT2D eigenvalue weighted by Crippen LogP contribution is 2.32. The Bertz CT molecular complexity index is 712. The molecule has 1 amide bonds. The van der Waals surface area contributed by atoms with Gasteiger partial charge in [0.05, 0.1) is 5.25 Å². The van der Waals surface area contributed by atoms with Gasteiger partial charge in [0.1, 0.15) is 0 Å². The van der Waals surface area contributed by atoms with E-state index in [-0.39, 0.29) is 11.2 Å². The van der Waals surface area contributed by atoms with Crippen LogP contribution in [0.3, 0.4) is 0 Å². The molecule has 2 aromatic rings. The lowest BCUT2D eigenvalue weighted by atomic mass is 10.1. The van der Waals surface area contributed by atoms with Crippen molar-refractivity contribution in [2.45, 2.75) is 49.2 Å². The fourth-order valence-corrected chi connectivity index (χ4v) is 4.00. The molecule has 1 aromatic carbocycles. The molecule has 1 fully saturated rings. The van der Waals surface area contributed by atoms with E-state index in [1.807, 2.05) is 39.0 Å². The summed E-state index contributed by atoms with van der Waals surface area (Å²) in [5.41, 5.74) is 3.06. The Morgan fingerprint density at radius 1 is 1.35 bits per heavy atom. The normalized spacial score (nSPS) is 15.3. The maximum atomic E-state index is 12.4. The average Bonchev–Trinajstić information content (AvgIpc) is 3.21. The summed E-state index contributed by atoms with van der Waals surface area (Å²) in [5.74, 6) is -0.0180. The smallest absolute Gasteiger partial charge is 0.237 e. The Hall–Kier alpha value is -1.60. The van der Waals surface area contributed by atoms with E-state index < -0.39 is 0 Å². The molecule has 1 saturated carbocycles. The Kier molecular flexibility index (Phi) is 4.87. The van der Waals surface area contributed by atoms with Gasteiger partial charge in [-0.05, 0) is 50.8 Å². The Labute approximate surface area is 144 Å². The van der Waals surface area contributed by atoms with Crippen molar-refractivity contribution in [1.82, 2.24) is 10.2 Å². The van der Waals surface area contributed by atoms with Crippen LogP contribution < -0.4 is 10.6 Å². The van der Waals surface area contributed by atoms with Crippen LogP contribution in [0.5, 0.6) is 0 Å². The van der Waals surface area contributed by atoms with Crippen LogP contribution in [-0.4, -0.2) is 27.4 Å². The zero-order valence-corrected chi connectivity index (χ0v) is 15.1. The van der Waals surface area contributed by atoms with Gasteiger partial charge in [-0.1, -0.05) is 35.2 Å². The summed E-state index contributed by atoms with van der Waals surface area (Å²) in [6, 6.07) is 6.61. The molecule has 1 aliphatic rings. The first-order chi connectivity index (χ1) is 11.0. The first-order valence-electron chi connectivity index (χ1n) is 7.66. The van der Waals surface area contributed by atoms with E-state index in [2.05, 4.69) is 20.8 Å². The zero-order valence-electron chi connectivity index (χ0n) is 13.4. The molecule has 0 radical (unpaired) electrons. The zero-order chi connectivity index (χ0) is 16.4. The summed E-state index contributed by atoms with van der Waals surface area (Å²) in [6.07, 6.45) is 2.41. The number of nitrogens with one attached hydrogen (secondary N) is 2. The maximum Gasteiger partial charge on any atom is 0.237 e. The molecule has 0 saturated heterocycles. The fourth-order valence-electron chi connectivity index (χ4n) is 2.03. The number of thioether (sulfide) groups is 1. The number of nitrogens with zero attached hydrogens (tertiary/aromatic N) is 2. The number of amides is 1. The van der Waals surface area contributed by atoms with Gasteiger partial charge < -0.3 is 10.6 Å². The van der Waals surface area contributed by atoms with Crippen LogP contribution in [0.1, 0.15) is 30.9 Å². The third-order valence-electron chi connectivity index (χ3n) is 3.61. The van der Waals surface area contributed by atoms with Gasteiger partial charge in [0.15, 0.2) is 4.34 Å². The largest absolute Gasteiger partial charge is 0.357 e. The number of aryl methyl sites for hydroxylation is 2. The monoisotopic (exact) mass is 348 g/mol. The third kappa shape index (κ3) is 4.45. The van der Waals surface area contributed by atoms with Crippen molar-refractivity contribution in [2.24, 2.45) is 0 Å². The number of rotatable bonds is 6. The summed E-state index contributed by atoms with van der Waals surface area (Å²) in [6.45, 7) is 5.90. The summed E-state index contributed by atoms with van der Waals surface area (Å²) >= 11 is 2.95. The SMILES string of the molecule is Cc1ccc(C)c(NC(=O)C(C)Sc2nnc(NC3CC3)s2)c1. The summed E-state index contributed by atoms with van der Waals surface area (Å²) in [5, 5.41) is 15.2. The van der Waals surface area contributed by atoms with Gasteiger partial charge >= 0.3 is 0 Å². The second-order valence-electron chi connectivity index (χ2n) is 5.86. The minimum absolute atomic E-state index is 0.0180. The van der Waals surface area contributed by atoms with Crippen molar-refractivity contribution in [1.29, 1.82) is 0 Å². The lowest BCUT2D eigenvalue weighted by molar-refractivity contribution is -0.115. The minimum Gasteiger partial charge on any atom is -0.357 e. The van der Waals surface area contributed by atoms with Crippen molar-refractivity contribution in [3.8, 4) is 0 Å². The molecule has 122 valence electrons. The van der Waals surface area contributed by atoms with E-state index in [9.17, 15) is 4.79 Å². The first kappa shape index (κ1) is 16.3. The highest BCUT2D eigenvalue weighted by molar-refractivity contribution is 8.02. The van der Waals surface area contributed by atoms with Crippen molar-refractivity contribution in [2.75, 3.05) is 10.6 Å². The maximum absolute atomic E-state index is 12.4. The van der Waals surface area contributed by atoms with Crippen LogP contribution in [0.2, 0.25) is 0 Å². The van der Waals surface area contributed by atoms with Gasteiger partial charge in [-0.25, -0.2) is 0 Å². The lowest BCUT2D eigenvalue weighted by Crippen LogP contribution is -2.22. The molecule has 1 atom stereocenters. The molecule has 1 unspecified atom stereocenters. The van der Waals surface area contributed by atoms with Gasteiger partial charge in [0.25, 0.3) is 0 Å². The van der Waals surface area contributed by atoms with E-state index in [1.165, 1.54) is 35.9 Å². The van der Waals surface area contributed by atoms with Gasteiger partial charge in [-0.3, -0.25) is 4.79 Å². The van der Waals surface area contributed by atoms with Crippen molar-refractivity contribution < 1.29 is 4.79 Å². The highest BCUT2D eigenvalue weighted by atomic mass is 32.2. The van der Waals surface area contributed by atoms with Crippen molar-refractivity contribution in [3.05, 3.63) is 29.3 Å². The van der Waals surface area contributed by atoms with Crippen molar-refractivity contribution in [3.63, 3.8) is 0 Å². The van der Waals surface area contributed by atoms with E-state index >= 15 is 0 Å². The Morgan fingerprint density at radius 3 is 2.87 bits per heavy atom. The number of carbonyl (C=O) groups excluding carboxylic acids is 1. The molecule has 5 nitrogen and oxygen atoms in total. The van der Waals surface area contributed by atoms with Gasteiger partial charge in [-0.15, -0.1) is 10.2 Å². The number of anilines is 2. The standard InChI is InChI=1S/C16H20N4OS2/c1-9-4-5-10(2)13(8-9)18-14(21)11(3)22-16-20-19-15(23-16)17-12-6-7-12/h4-5,8,11-12H,6-7H2,1-3H3,(H,17,19)(H,18,21). The van der Waals surface area contributed by atoms with E-state index in [0.717, 1.165) is 26.3 Å². The van der Waals surface area contributed by atoms with Crippen LogP contribution in [0, 0.1) is 13.8 Å². The van der Waals surface area contributed by atoms with Crippen LogP contribution in [0.4, 0.5) is 10.8 Å². The third-order valence-corrected chi connectivity index (χ3v) is 5.65. The number of benzene rings is 1. The van der Waals surface area contributed by atoms with E-state index in [1.54, 1.807) is 0 Å². The van der Waals surface area contributed by atoms with E-state index in [0.29, 0.717) is 6.04 Å². The fraction of sp³-hybridized carbons (Fsp3) is 0.438. The van der Waals surface area contributed by atoms with E-state index in [4.69, 9.17) is 0 Å². The predicted molar refractivity (Wildman–Crippen MR) is 96.4 cm³/mol. The average molecular weight is 348 g/mol. The summed E-state index contributed by atoms with van der Waals surface area (Å²) in [4.78, 5) is 12.4. The number of hydrogen-bond donors (Lipinski definition) is 2. The number of hydrogen-bond acceptors (Lipinski definition) is 6. The predicted octanol–water partition coefficient (Wildman–Crippen LogP) is 3.85. The minimum atomic E-state index is -0.225. The van der Waals surface area contributed by atoms with Crippen LogP contribution in [-0.2, 0) is 4.79 Å². The second-order valence-corrected chi connectivity index (χ2v) is 8.42.